The molecule has 0 aliphatic heterocycles. The number of carbonyl (C=O) groups is 1. The molecule has 15 heavy (non-hydrogen) atoms. The third-order valence-electron chi connectivity index (χ3n) is 1.69. The van der Waals surface area contributed by atoms with E-state index in [0.29, 0.717) is 17.4 Å². The molecule has 5 heteroatoms. The summed E-state index contributed by atoms with van der Waals surface area (Å²) in [5.41, 5.74) is 0.262. The normalized spacial score (nSPS) is 10.1. The maximum Gasteiger partial charge on any atom is 0.169 e. The van der Waals surface area contributed by atoms with E-state index >= 15 is 0 Å². The molecule has 0 aromatic heterocycles. The molecule has 0 saturated heterocycles. The standard InChI is InChI=1S/C10H10BrFO3/c1-14-2-3-15-10-8(11)4-7(6-13)5-9(10)12/h4-6H,2-3H2,1H3. The number of methoxy groups -OCH3 is 1. The average molecular weight is 277 g/mol. The predicted molar refractivity (Wildman–Crippen MR) is 56.9 cm³/mol. The van der Waals surface area contributed by atoms with Gasteiger partial charge in [-0.3, -0.25) is 4.79 Å². The van der Waals surface area contributed by atoms with E-state index in [4.69, 9.17) is 9.47 Å². The van der Waals surface area contributed by atoms with E-state index in [9.17, 15) is 9.18 Å². The summed E-state index contributed by atoms with van der Waals surface area (Å²) >= 11 is 3.13. The number of rotatable bonds is 5. The minimum absolute atomic E-state index is 0.0950. The minimum Gasteiger partial charge on any atom is -0.487 e. The lowest BCUT2D eigenvalue weighted by atomic mass is 10.2. The van der Waals surface area contributed by atoms with Crippen LogP contribution in [0, 0.1) is 5.82 Å². The Labute approximate surface area is 95.3 Å². The molecular formula is C10H10BrFO3. The minimum atomic E-state index is -0.567. The summed E-state index contributed by atoms with van der Waals surface area (Å²) in [7, 11) is 1.53. The van der Waals surface area contributed by atoms with Crippen LogP contribution in [-0.2, 0) is 4.74 Å². The molecule has 0 aliphatic rings. The van der Waals surface area contributed by atoms with E-state index in [-0.39, 0.29) is 17.9 Å². The van der Waals surface area contributed by atoms with E-state index in [1.54, 1.807) is 0 Å². The summed E-state index contributed by atoms with van der Waals surface area (Å²) < 4.78 is 23.7. The van der Waals surface area contributed by atoms with Gasteiger partial charge in [0.25, 0.3) is 0 Å². The molecule has 0 N–H and O–H groups in total. The zero-order valence-electron chi connectivity index (χ0n) is 8.13. The van der Waals surface area contributed by atoms with Crippen LogP contribution in [-0.4, -0.2) is 26.6 Å². The Morgan fingerprint density at radius 1 is 1.47 bits per heavy atom. The first-order valence-electron chi connectivity index (χ1n) is 4.25. The van der Waals surface area contributed by atoms with Gasteiger partial charge in [-0.1, -0.05) is 0 Å². The average Bonchev–Trinajstić information content (AvgIpc) is 2.22. The van der Waals surface area contributed by atoms with Gasteiger partial charge in [-0.2, -0.15) is 0 Å². The van der Waals surface area contributed by atoms with Gasteiger partial charge >= 0.3 is 0 Å². The second-order valence-corrected chi connectivity index (χ2v) is 3.63. The van der Waals surface area contributed by atoms with Crippen molar-refractivity contribution in [2.24, 2.45) is 0 Å². The van der Waals surface area contributed by atoms with Crippen LogP contribution < -0.4 is 4.74 Å². The Hall–Kier alpha value is -0.940. The lowest BCUT2D eigenvalue weighted by Crippen LogP contribution is -2.06. The zero-order valence-corrected chi connectivity index (χ0v) is 9.71. The highest BCUT2D eigenvalue weighted by Gasteiger charge is 2.10. The van der Waals surface area contributed by atoms with E-state index in [2.05, 4.69) is 15.9 Å². The number of hydrogen-bond acceptors (Lipinski definition) is 3. The van der Waals surface area contributed by atoms with Crippen LogP contribution >= 0.6 is 15.9 Å². The second-order valence-electron chi connectivity index (χ2n) is 2.77. The van der Waals surface area contributed by atoms with Crippen molar-refractivity contribution in [1.82, 2.24) is 0 Å². The fraction of sp³-hybridized carbons (Fsp3) is 0.300. The number of carbonyl (C=O) groups excluding carboxylic acids is 1. The number of benzene rings is 1. The Morgan fingerprint density at radius 3 is 2.73 bits per heavy atom. The van der Waals surface area contributed by atoms with Gasteiger partial charge in [0.05, 0.1) is 11.1 Å². The second kappa shape index (κ2) is 5.82. The summed E-state index contributed by atoms with van der Waals surface area (Å²) in [6.07, 6.45) is 0.576. The van der Waals surface area contributed by atoms with Gasteiger partial charge in [0.1, 0.15) is 12.9 Å². The summed E-state index contributed by atoms with van der Waals surface area (Å²) in [6, 6.07) is 2.62. The van der Waals surface area contributed by atoms with E-state index < -0.39 is 5.82 Å². The lowest BCUT2D eigenvalue weighted by molar-refractivity contribution is 0.112. The van der Waals surface area contributed by atoms with Crippen LogP contribution in [0.4, 0.5) is 4.39 Å². The molecule has 0 bridgehead atoms. The first kappa shape index (κ1) is 12.1. The van der Waals surface area contributed by atoms with Gasteiger partial charge in [0.15, 0.2) is 11.6 Å². The molecule has 1 aromatic carbocycles. The van der Waals surface area contributed by atoms with Crippen LogP contribution in [0.25, 0.3) is 0 Å². The highest BCUT2D eigenvalue weighted by atomic mass is 79.9. The molecule has 0 fully saturated rings. The maximum absolute atomic E-state index is 13.4. The van der Waals surface area contributed by atoms with E-state index in [0.717, 1.165) is 6.07 Å². The van der Waals surface area contributed by atoms with Crippen molar-refractivity contribution in [3.05, 3.63) is 28.0 Å². The maximum atomic E-state index is 13.4. The number of aldehydes is 1. The highest BCUT2D eigenvalue weighted by Crippen LogP contribution is 2.29. The Morgan fingerprint density at radius 2 is 2.20 bits per heavy atom. The fourth-order valence-electron chi connectivity index (χ4n) is 1.01. The molecule has 0 amide bonds. The summed E-state index contributed by atoms with van der Waals surface area (Å²) in [6.45, 7) is 0.633. The van der Waals surface area contributed by atoms with Crippen molar-refractivity contribution in [3.8, 4) is 5.75 Å². The largest absolute Gasteiger partial charge is 0.487 e. The van der Waals surface area contributed by atoms with Gasteiger partial charge in [-0.05, 0) is 28.1 Å². The monoisotopic (exact) mass is 276 g/mol. The summed E-state index contributed by atoms with van der Waals surface area (Å²) in [4.78, 5) is 10.4. The van der Waals surface area contributed by atoms with Gasteiger partial charge in [-0.15, -0.1) is 0 Å². The SMILES string of the molecule is COCCOc1c(F)cc(C=O)cc1Br. The van der Waals surface area contributed by atoms with E-state index in [1.165, 1.54) is 13.2 Å². The van der Waals surface area contributed by atoms with Crippen molar-refractivity contribution in [2.45, 2.75) is 0 Å². The zero-order chi connectivity index (χ0) is 11.3. The molecular weight excluding hydrogens is 267 g/mol. The molecule has 0 radical (unpaired) electrons. The first-order chi connectivity index (χ1) is 7.19. The Bertz CT molecular complexity index is 332. The van der Waals surface area contributed by atoms with E-state index in [1.807, 2.05) is 0 Å². The molecule has 1 aromatic rings. The first-order valence-corrected chi connectivity index (χ1v) is 5.04. The molecule has 0 atom stereocenters. The Kier molecular flexibility index (Phi) is 4.71. The van der Waals surface area contributed by atoms with Crippen LogP contribution in [0.15, 0.2) is 16.6 Å². The smallest absolute Gasteiger partial charge is 0.169 e. The van der Waals surface area contributed by atoms with Crippen molar-refractivity contribution < 1.29 is 18.7 Å². The fourth-order valence-corrected chi connectivity index (χ4v) is 1.58. The van der Waals surface area contributed by atoms with Crippen LogP contribution in [0.5, 0.6) is 5.75 Å². The number of ether oxygens (including phenoxy) is 2. The highest BCUT2D eigenvalue weighted by molar-refractivity contribution is 9.10. The molecule has 0 heterocycles. The van der Waals surface area contributed by atoms with Crippen molar-refractivity contribution in [2.75, 3.05) is 20.3 Å². The number of hydrogen-bond donors (Lipinski definition) is 0. The predicted octanol–water partition coefficient (Wildman–Crippen LogP) is 2.43. The summed E-state index contributed by atoms with van der Waals surface area (Å²) in [5.74, 6) is -0.472. The molecule has 1 rings (SSSR count). The van der Waals surface area contributed by atoms with Gasteiger partial charge in [-0.25, -0.2) is 4.39 Å². The third kappa shape index (κ3) is 3.28. The lowest BCUT2D eigenvalue weighted by Gasteiger charge is -2.09. The topological polar surface area (TPSA) is 35.5 Å². The quantitative estimate of drug-likeness (QED) is 0.612. The summed E-state index contributed by atoms with van der Waals surface area (Å²) in [5, 5.41) is 0. The van der Waals surface area contributed by atoms with Gasteiger partial charge in [0, 0.05) is 12.7 Å². The number of halogens is 2. The van der Waals surface area contributed by atoms with Gasteiger partial charge in [0.2, 0.25) is 0 Å². The van der Waals surface area contributed by atoms with Gasteiger partial charge < -0.3 is 9.47 Å². The molecule has 3 nitrogen and oxygen atoms in total. The van der Waals surface area contributed by atoms with Crippen molar-refractivity contribution >= 4 is 22.2 Å². The molecule has 0 unspecified atom stereocenters. The van der Waals surface area contributed by atoms with Crippen LogP contribution in [0.2, 0.25) is 0 Å². The van der Waals surface area contributed by atoms with Crippen molar-refractivity contribution in [3.63, 3.8) is 0 Å². The molecule has 0 aliphatic carbocycles. The Balaban J connectivity index is 2.83. The molecule has 0 spiro atoms. The third-order valence-corrected chi connectivity index (χ3v) is 2.28. The van der Waals surface area contributed by atoms with Crippen LogP contribution in [0.3, 0.4) is 0 Å². The van der Waals surface area contributed by atoms with Crippen LogP contribution in [0.1, 0.15) is 10.4 Å². The van der Waals surface area contributed by atoms with Crippen molar-refractivity contribution in [1.29, 1.82) is 0 Å². The molecule has 0 saturated carbocycles. The molecule has 82 valence electrons.